The lowest BCUT2D eigenvalue weighted by Crippen LogP contribution is -2.21. The zero-order valence-electron chi connectivity index (χ0n) is 11.9. The van der Waals surface area contributed by atoms with Crippen LogP contribution in [0.25, 0.3) is 10.2 Å². The second-order valence-corrected chi connectivity index (χ2v) is 6.06. The molecular weight excluding hydrogens is 338 g/mol. The molecule has 3 heterocycles. The van der Waals surface area contributed by atoms with Crippen LogP contribution >= 0.6 is 22.9 Å². The van der Waals surface area contributed by atoms with Crippen molar-refractivity contribution in [1.29, 1.82) is 0 Å². The van der Waals surface area contributed by atoms with E-state index in [1.165, 1.54) is 22.2 Å². The molecule has 0 aliphatic rings. The SMILES string of the molecule is O=C(CCn1cnc2sccc2c1=O)OCc1ccc(Cl)nc1. The van der Waals surface area contributed by atoms with Crippen LogP contribution in [-0.4, -0.2) is 20.5 Å². The van der Waals surface area contributed by atoms with Crippen molar-refractivity contribution in [2.45, 2.75) is 19.6 Å². The molecule has 0 saturated carbocycles. The van der Waals surface area contributed by atoms with E-state index in [0.29, 0.717) is 15.4 Å². The molecule has 0 amide bonds. The lowest BCUT2D eigenvalue weighted by Gasteiger charge is -2.06. The molecule has 0 fully saturated rings. The van der Waals surface area contributed by atoms with E-state index >= 15 is 0 Å². The van der Waals surface area contributed by atoms with E-state index in [0.717, 1.165) is 5.56 Å². The number of aromatic nitrogens is 3. The van der Waals surface area contributed by atoms with Crippen LogP contribution in [0.4, 0.5) is 0 Å². The average Bonchev–Trinajstić information content (AvgIpc) is 3.03. The highest BCUT2D eigenvalue weighted by Gasteiger charge is 2.08. The number of hydrogen-bond donors (Lipinski definition) is 0. The number of fused-ring (bicyclic) bond motifs is 1. The Morgan fingerprint density at radius 2 is 2.17 bits per heavy atom. The molecule has 3 aromatic heterocycles. The van der Waals surface area contributed by atoms with Gasteiger partial charge in [0.1, 0.15) is 16.6 Å². The minimum atomic E-state index is -0.391. The Morgan fingerprint density at radius 3 is 2.96 bits per heavy atom. The number of thiophene rings is 1. The van der Waals surface area contributed by atoms with Gasteiger partial charge in [0.25, 0.3) is 5.56 Å². The first-order valence-electron chi connectivity index (χ1n) is 6.82. The highest BCUT2D eigenvalue weighted by molar-refractivity contribution is 7.16. The lowest BCUT2D eigenvalue weighted by molar-refractivity contribution is -0.145. The van der Waals surface area contributed by atoms with Gasteiger partial charge in [-0.05, 0) is 17.5 Å². The molecule has 3 aromatic rings. The van der Waals surface area contributed by atoms with Crippen molar-refractivity contribution < 1.29 is 9.53 Å². The van der Waals surface area contributed by atoms with Crippen LogP contribution in [-0.2, 0) is 22.7 Å². The summed E-state index contributed by atoms with van der Waals surface area (Å²) < 4.78 is 6.56. The molecule has 0 unspecified atom stereocenters. The predicted octanol–water partition coefficient (Wildman–Crippen LogP) is 2.64. The largest absolute Gasteiger partial charge is 0.461 e. The summed E-state index contributed by atoms with van der Waals surface area (Å²) in [6, 6.07) is 5.10. The Balaban J connectivity index is 1.56. The van der Waals surface area contributed by atoms with Crippen LogP contribution in [0.5, 0.6) is 0 Å². The third-order valence-electron chi connectivity index (χ3n) is 3.20. The molecule has 8 heteroatoms. The zero-order chi connectivity index (χ0) is 16.2. The van der Waals surface area contributed by atoms with Gasteiger partial charge >= 0.3 is 5.97 Å². The number of carbonyl (C=O) groups excluding carboxylic acids is 1. The summed E-state index contributed by atoms with van der Waals surface area (Å²) in [5, 5.41) is 2.77. The molecule has 0 aromatic carbocycles. The fourth-order valence-corrected chi connectivity index (χ4v) is 2.83. The summed E-state index contributed by atoms with van der Waals surface area (Å²) in [5.74, 6) is -0.391. The van der Waals surface area contributed by atoms with Gasteiger partial charge in [-0.3, -0.25) is 14.2 Å². The van der Waals surface area contributed by atoms with E-state index < -0.39 is 5.97 Å². The number of aryl methyl sites for hydroxylation is 1. The molecule has 118 valence electrons. The maximum Gasteiger partial charge on any atom is 0.307 e. The Kier molecular flexibility index (Phi) is 4.68. The number of pyridine rings is 1. The van der Waals surface area contributed by atoms with E-state index in [4.69, 9.17) is 16.3 Å². The topological polar surface area (TPSA) is 74.1 Å². The Labute approximate surface area is 140 Å². The number of esters is 1. The first-order chi connectivity index (χ1) is 11.1. The maximum atomic E-state index is 12.2. The molecule has 6 nitrogen and oxygen atoms in total. The first-order valence-corrected chi connectivity index (χ1v) is 8.08. The summed E-state index contributed by atoms with van der Waals surface area (Å²) in [5.41, 5.74) is 0.604. The molecule has 0 spiro atoms. The van der Waals surface area contributed by atoms with Gasteiger partial charge in [0.2, 0.25) is 0 Å². The smallest absolute Gasteiger partial charge is 0.307 e. The predicted molar refractivity (Wildman–Crippen MR) is 87.5 cm³/mol. The normalized spacial score (nSPS) is 10.8. The summed E-state index contributed by atoms with van der Waals surface area (Å²) in [6.07, 6.45) is 3.10. The standard InChI is InChI=1S/C15H12ClN3O3S/c16-12-2-1-10(7-17-12)8-22-13(20)3-5-19-9-18-14-11(15(19)21)4-6-23-14/h1-2,4,6-7,9H,3,5,8H2. The number of rotatable bonds is 5. The number of halogens is 1. The highest BCUT2D eigenvalue weighted by Crippen LogP contribution is 2.13. The van der Waals surface area contributed by atoms with Crippen molar-refractivity contribution in [3.05, 3.63) is 57.2 Å². The van der Waals surface area contributed by atoms with E-state index in [2.05, 4.69) is 9.97 Å². The summed E-state index contributed by atoms with van der Waals surface area (Å²) in [6.45, 7) is 0.356. The van der Waals surface area contributed by atoms with Crippen LogP contribution in [0, 0.1) is 0 Å². The zero-order valence-corrected chi connectivity index (χ0v) is 13.5. The Bertz CT molecular complexity index is 889. The number of ether oxygens (including phenoxy) is 1. The summed E-state index contributed by atoms with van der Waals surface area (Å²) >= 11 is 7.09. The molecule has 0 saturated heterocycles. The number of hydrogen-bond acceptors (Lipinski definition) is 6. The van der Waals surface area contributed by atoms with Crippen LogP contribution in [0.15, 0.2) is 40.9 Å². The molecule has 0 aliphatic heterocycles. The monoisotopic (exact) mass is 349 g/mol. The Hall–Kier alpha value is -2.25. The lowest BCUT2D eigenvalue weighted by atomic mass is 10.3. The van der Waals surface area contributed by atoms with Crippen molar-refractivity contribution >= 4 is 39.1 Å². The van der Waals surface area contributed by atoms with Gasteiger partial charge in [0.15, 0.2) is 0 Å². The second-order valence-electron chi connectivity index (χ2n) is 4.78. The number of carbonyl (C=O) groups is 1. The molecule has 0 atom stereocenters. The first kappa shape index (κ1) is 15.6. The molecule has 0 aliphatic carbocycles. The number of nitrogens with zero attached hydrogens (tertiary/aromatic N) is 3. The third-order valence-corrected chi connectivity index (χ3v) is 4.24. The van der Waals surface area contributed by atoms with Gasteiger partial charge in [0.05, 0.1) is 18.1 Å². The molecule has 23 heavy (non-hydrogen) atoms. The molecule has 0 bridgehead atoms. The van der Waals surface area contributed by atoms with Gasteiger partial charge in [0, 0.05) is 18.3 Å². The van der Waals surface area contributed by atoms with E-state index in [9.17, 15) is 9.59 Å². The summed E-state index contributed by atoms with van der Waals surface area (Å²) in [4.78, 5) is 32.7. The average molecular weight is 350 g/mol. The quantitative estimate of drug-likeness (QED) is 0.523. The fraction of sp³-hybridized carbons (Fsp3) is 0.200. The second kappa shape index (κ2) is 6.89. The molecular formula is C15H12ClN3O3S. The third kappa shape index (κ3) is 3.75. The van der Waals surface area contributed by atoms with E-state index in [1.807, 2.05) is 5.38 Å². The van der Waals surface area contributed by atoms with Crippen molar-refractivity contribution in [2.24, 2.45) is 0 Å². The minimum absolute atomic E-state index is 0.0955. The van der Waals surface area contributed by atoms with Crippen molar-refractivity contribution in [1.82, 2.24) is 14.5 Å². The van der Waals surface area contributed by atoms with Crippen LogP contribution < -0.4 is 5.56 Å². The van der Waals surface area contributed by atoms with Gasteiger partial charge in [-0.2, -0.15) is 0 Å². The van der Waals surface area contributed by atoms with Crippen LogP contribution in [0.3, 0.4) is 0 Å². The van der Waals surface area contributed by atoms with Gasteiger partial charge in [-0.15, -0.1) is 11.3 Å². The molecule has 3 rings (SSSR count). The van der Waals surface area contributed by atoms with Crippen LogP contribution in [0.1, 0.15) is 12.0 Å². The fourth-order valence-electron chi connectivity index (χ4n) is 1.99. The van der Waals surface area contributed by atoms with Gasteiger partial charge in [-0.1, -0.05) is 17.7 Å². The molecule has 0 radical (unpaired) electrons. The maximum absolute atomic E-state index is 12.2. The van der Waals surface area contributed by atoms with Crippen molar-refractivity contribution in [3.8, 4) is 0 Å². The van der Waals surface area contributed by atoms with Crippen molar-refractivity contribution in [2.75, 3.05) is 0 Å². The van der Waals surface area contributed by atoms with Crippen LogP contribution in [0.2, 0.25) is 5.15 Å². The minimum Gasteiger partial charge on any atom is -0.461 e. The molecule has 0 N–H and O–H groups in total. The van der Waals surface area contributed by atoms with Crippen molar-refractivity contribution in [3.63, 3.8) is 0 Å². The summed E-state index contributed by atoms with van der Waals surface area (Å²) in [7, 11) is 0. The van der Waals surface area contributed by atoms with E-state index in [1.54, 1.807) is 24.4 Å². The highest BCUT2D eigenvalue weighted by atomic mass is 35.5. The van der Waals surface area contributed by atoms with Gasteiger partial charge < -0.3 is 4.74 Å². The Morgan fingerprint density at radius 1 is 1.30 bits per heavy atom. The van der Waals surface area contributed by atoms with E-state index in [-0.39, 0.29) is 25.1 Å². The van der Waals surface area contributed by atoms with Gasteiger partial charge in [-0.25, -0.2) is 9.97 Å².